The van der Waals surface area contributed by atoms with Crippen molar-refractivity contribution in [1.82, 2.24) is 0 Å². The summed E-state index contributed by atoms with van der Waals surface area (Å²) in [7, 11) is 0. The van der Waals surface area contributed by atoms with Gasteiger partial charge in [0.1, 0.15) is 10.2 Å². The largest absolute Gasteiger partial charge is 0.452 e. The van der Waals surface area contributed by atoms with E-state index in [1.807, 2.05) is 0 Å². The lowest BCUT2D eigenvalue weighted by molar-refractivity contribution is -0.385. The van der Waals surface area contributed by atoms with Crippen LogP contribution in [-0.4, -0.2) is 4.92 Å². The van der Waals surface area contributed by atoms with Crippen LogP contribution in [0.3, 0.4) is 0 Å². The summed E-state index contributed by atoms with van der Waals surface area (Å²) in [5.74, 6) is -0.465. The molecule has 0 radical (unpaired) electrons. The fourth-order valence-electron chi connectivity index (χ4n) is 1.82. The molecular formula is C14H12BrFN2O3. The van der Waals surface area contributed by atoms with Gasteiger partial charge in [-0.25, -0.2) is 4.39 Å². The zero-order valence-corrected chi connectivity index (χ0v) is 12.6. The van der Waals surface area contributed by atoms with E-state index in [4.69, 9.17) is 10.5 Å². The summed E-state index contributed by atoms with van der Waals surface area (Å²) in [6.07, 6.45) is 0. The Balaban J connectivity index is 2.49. The number of benzene rings is 2. The molecule has 0 spiro atoms. The molecular weight excluding hydrogens is 343 g/mol. The van der Waals surface area contributed by atoms with Crippen molar-refractivity contribution >= 4 is 21.6 Å². The maximum atomic E-state index is 14.0. The maximum absolute atomic E-state index is 14.0. The summed E-state index contributed by atoms with van der Waals surface area (Å²) in [6, 6.07) is 8.28. The van der Waals surface area contributed by atoms with Gasteiger partial charge >= 0.3 is 0 Å². The van der Waals surface area contributed by atoms with Crippen LogP contribution < -0.4 is 10.5 Å². The molecule has 21 heavy (non-hydrogen) atoms. The smallest absolute Gasteiger partial charge is 0.287 e. The van der Waals surface area contributed by atoms with Gasteiger partial charge in [0.15, 0.2) is 11.6 Å². The lowest BCUT2D eigenvalue weighted by atomic mass is 10.1. The Bertz CT molecular complexity index is 692. The molecule has 1 unspecified atom stereocenters. The number of nitrogens with zero attached hydrogens (tertiary/aromatic N) is 1. The Labute approximate surface area is 128 Å². The normalized spacial score (nSPS) is 12.0. The van der Waals surface area contributed by atoms with E-state index in [1.165, 1.54) is 30.3 Å². The predicted octanol–water partition coefficient (Wildman–Crippen LogP) is 4.31. The summed E-state index contributed by atoms with van der Waals surface area (Å²) in [6.45, 7) is 1.70. The van der Waals surface area contributed by atoms with Crippen LogP contribution >= 0.6 is 15.9 Å². The first-order chi connectivity index (χ1) is 9.91. The fourth-order valence-corrected chi connectivity index (χ4v) is 2.31. The first-order valence-corrected chi connectivity index (χ1v) is 6.86. The van der Waals surface area contributed by atoms with E-state index in [1.54, 1.807) is 13.0 Å². The minimum Gasteiger partial charge on any atom is -0.452 e. The van der Waals surface area contributed by atoms with Crippen LogP contribution in [0.5, 0.6) is 11.5 Å². The highest BCUT2D eigenvalue weighted by molar-refractivity contribution is 9.10. The van der Waals surface area contributed by atoms with Gasteiger partial charge in [0.25, 0.3) is 5.69 Å². The summed E-state index contributed by atoms with van der Waals surface area (Å²) >= 11 is 3.11. The third-order valence-corrected chi connectivity index (χ3v) is 3.64. The molecule has 0 aliphatic carbocycles. The molecule has 0 fully saturated rings. The lowest BCUT2D eigenvalue weighted by Gasteiger charge is -2.15. The lowest BCUT2D eigenvalue weighted by Crippen LogP contribution is -2.08. The van der Waals surface area contributed by atoms with Gasteiger partial charge in [-0.1, -0.05) is 18.2 Å². The first kappa shape index (κ1) is 15.4. The third kappa shape index (κ3) is 3.20. The quantitative estimate of drug-likeness (QED) is 0.655. The van der Waals surface area contributed by atoms with Gasteiger partial charge in [0, 0.05) is 17.7 Å². The van der Waals surface area contributed by atoms with E-state index in [-0.39, 0.29) is 21.7 Å². The van der Waals surface area contributed by atoms with Gasteiger partial charge < -0.3 is 10.5 Å². The number of rotatable bonds is 4. The number of nitro groups is 1. The summed E-state index contributed by atoms with van der Waals surface area (Å²) < 4.78 is 19.6. The van der Waals surface area contributed by atoms with Crippen LogP contribution in [0.2, 0.25) is 0 Å². The minimum atomic E-state index is -0.580. The van der Waals surface area contributed by atoms with Gasteiger partial charge in [0.05, 0.1) is 4.92 Å². The van der Waals surface area contributed by atoms with Crippen molar-refractivity contribution in [3.05, 3.63) is 62.4 Å². The Morgan fingerprint density at radius 1 is 1.33 bits per heavy atom. The second-order valence-corrected chi connectivity index (χ2v) is 5.19. The van der Waals surface area contributed by atoms with Gasteiger partial charge in [-0.2, -0.15) is 0 Å². The molecule has 1 atom stereocenters. The molecule has 0 heterocycles. The van der Waals surface area contributed by atoms with Crippen LogP contribution in [0.1, 0.15) is 18.5 Å². The molecule has 5 nitrogen and oxygen atoms in total. The molecule has 0 saturated heterocycles. The van der Waals surface area contributed by atoms with Crippen LogP contribution in [0.15, 0.2) is 40.9 Å². The van der Waals surface area contributed by atoms with Crippen molar-refractivity contribution < 1.29 is 14.1 Å². The molecule has 0 bridgehead atoms. The van der Waals surface area contributed by atoms with Crippen molar-refractivity contribution in [3.63, 3.8) is 0 Å². The highest BCUT2D eigenvalue weighted by atomic mass is 79.9. The average molecular weight is 355 g/mol. The molecule has 0 aliphatic rings. The van der Waals surface area contributed by atoms with Crippen molar-refractivity contribution in [3.8, 4) is 11.5 Å². The van der Waals surface area contributed by atoms with Crippen LogP contribution in [-0.2, 0) is 0 Å². The Morgan fingerprint density at radius 3 is 2.62 bits per heavy atom. The number of hydrogen-bond acceptors (Lipinski definition) is 4. The van der Waals surface area contributed by atoms with Crippen molar-refractivity contribution in [2.45, 2.75) is 13.0 Å². The molecule has 2 N–H and O–H groups in total. The SMILES string of the molecule is CC(N)c1cccc(F)c1Oc1cccc([N+](=O)[O-])c1Br. The van der Waals surface area contributed by atoms with Crippen LogP contribution in [0.25, 0.3) is 0 Å². The summed E-state index contributed by atoms with van der Waals surface area (Å²) in [4.78, 5) is 10.3. The Hall–Kier alpha value is -1.99. The topological polar surface area (TPSA) is 78.4 Å². The van der Waals surface area contributed by atoms with Crippen molar-refractivity contribution in [2.24, 2.45) is 5.73 Å². The van der Waals surface area contributed by atoms with E-state index in [0.29, 0.717) is 5.56 Å². The molecule has 0 aromatic heterocycles. The number of hydrogen-bond donors (Lipinski definition) is 1. The van der Waals surface area contributed by atoms with Crippen LogP contribution in [0, 0.1) is 15.9 Å². The number of halogens is 2. The number of nitro benzene ring substituents is 1. The first-order valence-electron chi connectivity index (χ1n) is 6.06. The third-order valence-electron chi connectivity index (χ3n) is 2.84. The number of nitrogens with two attached hydrogens (primary N) is 1. The monoisotopic (exact) mass is 354 g/mol. The van der Waals surface area contributed by atoms with Gasteiger partial charge in [-0.05, 0) is 35.0 Å². The zero-order chi connectivity index (χ0) is 15.6. The van der Waals surface area contributed by atoms with E-state index in [0.717, 1.165) is 0 Å². The molecule has 110 valence electrons. The summed E-state index contributed by atoms with van der Waals surface area (Å²) in [5, 5.41) is 10.9. The highest BCUT2D eigenvalue weighted by Crippen LogP contribution is 2.39. The standard InChI is InChI=1S/C14H12BrFN2O3/c1-8(17)9-4-2-5-10(16)14(9)21-12-7-3-6-11(13(12)15)18(19)20/h2-8H,17H2,1H3. The van der Waals surface area contributed by atoms with Gasteiger partial charge in [0.2, 0.25) is 0 Å². The molecule has 0 saturated carbocycles. The molecule has 0 amide bonds. The fraction of sp³-hybridized carbons (Fsp3) is 0.143. The highest BCUT2D eigenvalue weighted by Gasteiger charge is 2.19. The molecule has 2 aromatic carbocycles. The predicted molar refractivity (Wildman–Crippen MR) is 79.9 cm³/mol. The number of ether oxygens (including phenoxy) is 1. The van der Waals surface area contributed by atoms with E-state index in [9.17, 15) is 14.5 Å². The van der Waals surface area contributed by atoms with E-state index < -0.39 is 16.8 Å². The van der Waals surface area contributed by atoms with E-state index >= 15 is 0 Å². The minimum absolute atomic E-state index is 0.0336. The van der Waals surface area contributed by atoms with Crippen LogP contribution in [0.4, 0.5) is 10.1 Å². The van der Waals surface area contributed by atoms with E-state index in [2.05, 4.69) is 15.9 Å². The Morgan fingerprint density at radius 2 is 2.00 bits per heavy atom. The Kier molecular flexibility index (Phi) is 4.54. The molecule has 0 aliphatic heterocycles. The maximum Gasteiger partial charge on any atom is 0.287 e. The van der Waals surface area contributed by atoms with Gasteiger partial charge in [-0.3, -0.25) is 10.1 Å². The second kappa shape index (κ2) is 6.19. The molecule has 2 aromatic rings. The molecule has 2 rings (SSSR count). The average Bonchev–Trinajstić information content (AvgIpc) is 2.42. The molecule has 7 heteroatoms. The van der Waals surface area contributed by atoms with Gasteiger partial charge in [-0.15, -0.1) is 0 Å². The van der Waals surface area contributed by atoms with Crippen molar-refractivity contribution in [1.29, 1.82) is 0 Å². The number of para-hydroxylation sites is 1. The van der Waals surface area contributed by atoms with Crippen molar-refractivity contribution in [2.75, 3.05) is 0 Å². The second-order valence-electron chi connectivity index (χ2n) is 4.40. The summed E-state index contributed by atoms with van der Waals surface area (Å²) in [5.41, 5.74) is 6.11. The zero-order valence-electron chi connectivity index (χ0n) is 11.0.